The van der Waals surface area contributed by atoms with Gasteiger partial charge in [0, 0.05) is 5.56 Å². The number of carbonyl (C=O) groups excluding carboxylic acids is 2. The zero-order chi connectivity index (χ0) is 10.9. The average Bonchev–Trinajstić information content (AvgIpc) is 3.09. The van der Waals surface area contributed by atoms with Crippen LogP contribution in [0.2, 0.25) is 0 Å². The van der Waals surface area contributed by atoms with Gasteiger partial charge in [-0.3, -0.25) is 4.79 Å². The van der Waals surface area contributed by atoms with Gasteiger partial charge < -0.3 is 9.47 Å². The Morgan fingerprint density at radius 1 is 1.33 bits per heavy atom. The van der Waals surface area contributed by atoms with Crippen LogP contribution in [0.5, 0.6) is 0 Å². The third-order valence-corrected chi connectivity index (χ3v) is 2.35. The first kappa shape index (κ1) is 9.86. The van der Waals surface area contributed by atoms with Crippen LogP contribution < -0.4 is 0 Å². The van der Waals surface area contributed by atoms with E-state index in [4.69, 9.17) is 4.74 Å². The largest absolute Gasteiger partial charge is 0.466 e. The normalized spacial score (nSPS) is 23.3. The van der Waals surface area contributed by atoms with Gasteiger partial charge in [0.1, 0.15) is 0 Å². The van der Waals surface area contributed by atoms with Gasteiger partial charge in [0.25, 0.3) is 5.60 Å². The Morgan fingerprint density at radius 3 is 2.40 bits per heavy atom. The average molecular weight is 206 g/mol. The van der Waals surface area contributed by atoms with Crippen molar-refractivity contribution >= 4 is 11.8 Å². The van der Waals surface area contributed by atoms with Crippen LogP contribution >= 0.6 is 0 Å². The molecule has 0 bridgehead atoms. The quantitative estimate of drug-likeness (QED) is 0.318. The Hall–Kier alpha value is -1.68. The first-order valence-corrected chi connectivity index (χ1v) is 4.53. The standard InChI is InChI=1S/C11H10O4/c1-14-10(13)11(7-15-11)9(12)8-5-3-2-4-6-8/h2-6H,7H2,1H3. The fourth-order valence-corrected chi connectivity index (χ4v) is 1.40. The van der Waals surface area contributed by atoms with Crippen molar-refractivity contribution in [1.82, 2.24) is 0 Å². The maximum atomic E-state index is 11.9. The minimum absolute atomic E-state index is 0.105. The van der Waals surface area contributed by atoms with Gasteiger partial charge in [-0.15, -0.1) is 0 Å². The van der Waals surface area contributed by atoms with Crippen molar-refractivity contribution in [2.24, 2.45) is 0 Å². The minimum Gasteiger partial charge on any atom is -0.466 e. The van der Waals surface area contributed by atoms with Crippen molar-refractivity contribution in [2.45, 2.75) is 5.60 Å². The Kier molecular flexibility index (Phi) is 2.28. The summed E-state index contributed by atoms with van der Waals surface area (Å²) in [4.78, 5) is 23.2. The molecule has 1 fully saturated rings. The summed E-state index contributed by atoms with van der Waals surface area (Å²) < 4.78 is 9.48. The van der Waals surface area contributed by atoms with Crippen molar-refractivity contribution in [3.05, 3.63) is 35.9 Å². The molecule has 0 amide bonds. The number of rotatable bonds is 3. The molecule has 78 valence electrons. The molecule has 1 atom stereocenters. The van der Waals surface area contributed by atoms with Gasteiger partial charge >= 0.3 is 5.97 Å². The summed E-state index contributed by atoms with van der Waals surface area (Å²) in [5.74, 6) is -0.966. The lowest BCUT2D eigenvalue weighted by atomic mass is 9.98. The number of esters is 1. The molecular weight excluding hydrogens is 196 g/mol. The minimum atomic E-state index is -1.38. The van der Waals surface area contributed by atoms with Gasteiger partial charge in [-0.05, 0) is 0 Å². The summed E-state index contributed by atoms with van der Waals surface area (Å²) in [5, 5.41) is 0. The van der Waals surface area contributed by atoms with E-state index < -0.39 is 11.6 Å². The lowest BCUT2D eigenvalue weighted by molar-refractivity contribution is -0.144. The maximum absolute atomic E-state index is 11.9. The monoisotopic (exact) mass is 206 g/mol. The molecule has 0 N–H and O–H groups in total. The molecule has 1 aromatic rings. The van der Waals surface area contributed by atoms with Crippen LogP contribution in [0.4, 0.5) is 0 Å². The van der Waals surface area contributed by atoms with Gasteiger partial charge in [-0.1, -0.05) is 30.3 Å². The highest BCUT2D eigenvalue weighted by Crippen LogP contribution is 2.32. The van der Waals surface area contributed by atoms with E-state index in [9.17, 15) is 9.59 Å². The number of carbonyl (C=O) groups is 2. The predicted molar refractivity (Wildman–Crippen MR) is 51.5 cm³/mol. The second kappa shape index (κ2) is 3.47. The number of methoxy groups -OCH3 is 1. The van der Waals surface area contributed by atoms with Crippen molar-refractivity contribution in [1.29, 1.82) is 0 Å². The second-order valence-electron chi connectivity index (χ2n) is 3.30. The zero-order valence-corrected chi connectivity index (χ0v) is 8.23. The number of Topliss-reactive ketones (excluding diaryl/α,β-unsaturated/α-hetero) is 1. The summed E-state index contributed by atoms with van der Waals surface area (Å²) in [7, 11) is 1.24. The van der Waals surface area contributed by atoms with Crippen molar-refractivity contribution in [3.63, 3.8) is 0 Å². The van der Waals surface area contributed by atoms with Crippen LogP contribution in [0.25, 0.3) is 0 Å². The molecule has 0 spiro atoms. The van der Waals surface area contributed by atoms with Gasteiger partial charge in [-0.25, -0.2) is 4.79 Å². The summed E-state index contributed by atoms with van der Waals surface area (Å²) in [6, 6.07) is 8.57. The fourth-order valence-electron chi connectivity index (χ4n) is 1.40. The van der Waals surface area contributed by atoms with E-state index in [1.165, 1.54) is 7.11 Å². The molecule has 15 heavy (non-hydrogen) atoms. The molecule has 1 aromatic carbocycles. The molecule has 1 aliphatic heterocycles. The summed E-state index contributed by atoms with van der Waals surface area (Å²) in [5.41, 5.74) is -0.920. The van der Waals surface area contributed by atoms with E-state index >= 15 is 0 Å². The molecule has 2 rings (SSSR count). The highest BCUT2D eigenvalue weighted by molar-refractivity contribution is 6.17. The second-order valence-corrected chi connectivity index (χ2v) is 3.30. The third kappa shape index (κ3) is 1.53. The Morgan fingerprint density at radius 2 is 1.93 bits per heavy atom. The lowest BCUT2D eigenvalue weighted by Gasteiger charge is -2.07. The molecular formula is C11H10O4. The van der Waals surface area contributed by atoms with Crippen LogP contribution in [0.1, 0.15) is 10.4 Å². The number of ether oxygens (including phenoxy) is 2. The zero-order valence-electron chi connectivity index (χ0n) is 8.23. The van der Waals surface area contributed by atoms with E-state index in [0.29, 0.717) is 5.56 Å². The number of ketones is 1. The number of epoxide rings is 1. The topological polar surface area (TPSA) is 55.9 Å². The van der Waals surface area contributed by atoms with E-state index in [1.54, 1.807) is 30.3 Å². The smallest absolute Gasteiger partial charge is 0.348 e. The highest BCUT2D eigenvalue weighted by atomic mass is 16.6. The Labute approximate surface area is 86.8 Å². The molecule has 4 nitrogen and oxygen atoms in total. The Bertz CT molecular complexity index is 392. The van der Waals surface area contributed by atoms with Crippen molar-refractivity contribution < 1.29 is 19.1 Å². The van der Waals surface area contributed by atoms with Gasteiger partial charge in [0.05, 0.1) is 13.7 Å². The van der Waals surface area contributed by atoms with Gasteiger partial charge in [0.2, 0.25) is 5.78 Å². The van der Waals surface area contributed by atoms with Crippen molar-refractivity contribution in [3.8, 4) is 0 Å². The fraction of sp³-hybridized carbons (Fsp3) is 0.273. The molecule has 1 heterocycles. The number of hydrogen-bond acceptors (Lipinski definition) is 4. The molecule has 0 radical (unpaired) electrons. The molecule has 4 heteroatoms. The molecule has 0 aliphatic carbocycles. The van der Waals surface area contributed by atoms with Gasteiger partial charge in [0.15, 0.2) is 0 Å². The van der Waals surface area contributed by atoms with E-state index in [-0.39, 0.29) is 12.4 Å². The maximum Gasteiger partial charge on any atom is 0.348 e. The molecule has 1 saturated heterocycles. The molecule has 1 unspecified atom stereocenters. The lowest BCUT2D eigenvalue weighted by Crippen LogP contribution is -2.35. The van der Waals surface area contributed by atoms with Gasteiger partial charge in [-0.2, -0.15) is 0 Å². The summed E-state index contributed by atoms with van der Waals surface area (Å²) >= 11 is 0. The molecule has 0 aromatic heterocycles. The van der Waals surface area contributed by atoms with E-state index in [0.717, 1.165) is 0 Å². The van der Waals surface area contributed by atoms with E-state index in [1.807, 2.05) is 0 Å². The SMILES string of the molecule is COC(=O)C1(C(=O)c2ccccc2)CO1. The summed E-state index contributed by atoms with van der Waals surface area (Å²) in [6.07, 6.45) is 0. The predicted octanol–water partition coefficient (Wildman–Crippen LogP) is 0.811. The first-order chi connectivity index (χ1) is 7.20. The van der Waals surface area contributed by atoms with Crippen LogP contribution in [0.3, 0.4) is 0 Å². The van der Waals surface area contributed by atoms with Crippen LogP contribution in [-0.4, -0.2) is 31.1 Å². The van der Waals surface area contributed by atoms with E-state index in [2.05, 4.69) is 4.74 Å². The van der Waals surface area contributed by atoms with Crippen LogP contribution in [0, 0.1) is 0 Å². The third-order valence-electron chi connectivity index (χ3n) is 2.35. The Balaban J connectivity index is 2.26. The number of benzene rings is 1. The molecule has 1 aliphatic rings. The first-order valence-electron chi connectivity index (χ1n) is 4.53. The number of hydrogen-bond donors (Lipinski definition) is 0. The van der Waals surface area contributed by atoms with Crippen molar-refractivity contribution in [2.75, 3.05) is 13.7 Å². The highest BCUT2D eigenvalue weighted by Gasteiger charge is 2.60. The van der Waals surface area contributed by atoms with Crippen LogP contribution in [-0.2, 0) is 14.3 Å². The summed E-state index contributed by atoms with van der Waals surface area (Å²) in [6.45, 7) is 0.105. The molecule has 0 saturated carbocycles. The van der Waals surface area contributed by atoms with Crippen LogP contribution in [0.15, 0.2) is 30.3 Å².